The molecule has 0 amide bonds. The van der Waals surface area contributed by atoms with Crippen LogP contribution in [0.15, 0.2) is 72.8 Å². The predicted molar refractivity (Wildman–Crippen MR) is 121 cm³/mol. The lowest BCUT2D eigenvalue weighted by Gasteiger charge is -2.29. The van der Waals surface area contributed by atoms with Crippen LogP contribution >= 0.6 is 0 Å². The highest BCUT2D eigenvalue weighted by Crippen LogP contribution is 2.25. The van der Waals surface area contributed by atoms with Crippen molar-refractivity contribution in [2.75, 3.05) is 36.4 Å². The second-order valence-electron chi connectivity index (χ2n) is 7.49. The number of nitrogens with one attached hydrogen (secondary N) is 2. The molecule has 5 rings (SSSR count). The van der Waals surface area contributed by atoms with E-state index in [0.29, 0.717) is 10.1 Å². The number of fused-ring (bicyclic) bond motifs is 1. The highest BCUT2D eigenvalue weighted by molar-refractivity contribution is 5.80. The summed E-state index contributed by atoms with van der Waals surface area (Å²) in [5, 5.41) is 21.3. The maximum Gasteiger partial charge on any atom is 0.322 e. The molecule has 8 heteroatoms. The van der Waals surface area contributed by atoms with E-state index >= 15 is 0 Å². The smallest absolute Gasteiger partial charge is 0.322 e. The van der Waals surface area contributed by atoms with E-state index in [1.54, 1.807) is 12.1 Å². The van der Waals surface area contributed by atoms with Gasteiger partial charge in [-0.15, -0.1) is 4.73 Å². The normalized spacial score (nSPS) is 14.0. The van der Waals surface area contributed by atoms with Crippen LogP contribution in [-0.2, 0) is 0 Å². The van der Waals surface area contributed by atoms with E-state index in [2.05, 4.69) is 26.7 Å². The summed E-state index contributed by atoms with van der Waals surface area (Å²) >= 11 is 0. The Morgan fingerprint density at radius 2 is 1.74 bits per heavy atom. The Bertz CT molecular complexity index is 1280. The van der Waals surface area contributed by atoms with Crippen LogP contribution in [0.4, 0.5) is 17.3 Å². The molecule has 4 aromatic rings. The van der Waals surface area contributed by atoms with Gasteiger partial charge in [0.1, 0.15) is 0 Å². The number of benzene rings is 3. The van der Waals surface area contributed by atoms with Gasteiger partial charge in [-0.25, -0.2) is 0 Å². The van der Waals surface area contributed by atoms with Crippen molar-refractivity contribution < 1.29 is 9.75 Å². The van der Waals surface area contributed by atoms with Gasteiger partial charge in [-0.05, 0) is 41.5 Å². The van der Waals surface area contributed by atoms with Crippen LogP contribution < -0.4 is 20.1 Å². The van der Waals surface area contributed by atoms with Gasteiger partial charge < -0.3 is 20.7 Å². The zero-order chi connectivity index (χ0) is 21.2. The molecule has 1 fully saturated rings. The van der Waals surface area contributed by atoms with Crippen molar-refractivity contribution in [3.63, 3.8) is 0 Å². The van der Waals surface area contributed by atoms with E-state index < -0.39 is 0 Å². The fraction of sp³-hybridized carbons (Fsp3) is 0.174. The van der Waals surface area contributed by atoms with Gasteiger partial charge >= 0.3 is 11.5 Å². The first-order valence-electron chi connectivity index (χ1n) is 10.3. The van der Waals surface area contributed by atoms with E-state index in [9.17, 15) is 10.1 Å². The molecular formula is C23H23N6O2+. The standard InChI is InChI=1S/C23H23N6O2/c30-28-22-15-18(17-5-2-1-3-6-17)9-10-21(22)29(31)26-23(28)25-19-7-4-8-20(16-19)27-13-11-24-12-14-27/h1-10,15-16,24,30H,11-14H2,(H,25,26,31)/q+1. The average molecular weight is 415 g/mol. The number of anilines is 3. The number of nitrogens with zero attached hydrogens (tertiary/aromatic N) is 4. The fourth-order valence-corrected chi connectivity index (χ4v) is 3.87. The largest absolute Gasteiger partial charge is 0.425 e. The zero-order valence-electron chi connectivity index (χ0n) is 16.9. The lowest BCUT2D eigenvalue weighted by Crippen LogP contribution is -2.43. The second kappa shape index (κ2) is 8.08. The van der Waals surface area contributed by atoms with Gasteiger partial charge in [-0.3, -0.25) is 0 Å². The van der Waals surface area contributed by atoms with Crippen molar-refractivity contribution in [1.29, 1.82) is 0 Å². The molecular weight excluding hydrogens is 392 g/mol. The van der Waals surface area contributed by atoms with Gasteiger partial charge in [0, 0.05) is 43.6 Å². The van der Waals surface area contributed by atoms with Gasteiger partial charge in [0.15, 0.2) is 10.1 Å². The van der Waals surface area contributed by atoms with Crippen LogP contribution in [0, 0.1) is 4.91 Å². The second-order valence-corrected chi connectivity index (χ2v) is 7.49. The summed E-state index contributed by atoms with van der Waals surface area (Å²) < 4.78 is 1.45. The quantitative estimate of drug-likeness (QED) is 0.351. The third-order valence-electron chi connectivity index (χ3n) is 5.49. The maximum atomic E-state index is 12.5. The molecule has 0 unspecified atom stereocenters. The highest BCUT2D eigenvalue weighted by atomic mass is 16.5. The summed E-state index contributed by atoms with van der Waals surface area (Å²) in [6.07, 6.45) is 0. The summed E-state index contributed by atoms with van der Waals surface area (Å²) in [5.74, 6) is 0.0465. The first-order chi connectivity index (χ1) is 15.2. The average Bonchev–Trinajstić information content (AvgIpc) is 2.83. The topological polar surface area (TPSA) is 88.3 Å². The Kier molecular flexibility index (Phi) is 4.97. The van der Waals surface area contributed by atoms with Crippen molar-refractivity contribution in [3.8, 4) is 11.1 Å². The SMILES string of the molecule is O=[n+]1nc(Nc2cccc(N3CCNCC3)c2)n(O)c2cc(-c3ccccc3)ccc21. The van der Waals surface area contributed by atoms with E-state index in [-0.39, 0.29) is 11.5 Å². The number of hydrogen-bond acceptors (Lipinski definition) is 6. The third-order valence-corrected chi connectivity index (χ3v) is 5.49. The summed E-state index contributed by atoms with van der Waals surface area (Å²) in [5.41, 5.74) is 4.36. The summed E-state index contributed by atoms with van der Waals surface area (Å²) in [4.78, 5) is 14.8. The Morgan fingerprint density at radius 3 is 2.55 bits per heavy atom. The molecule has 1 aliphatic heterocycles. The fourth-order valence-electron chi connectivity index (χ4n) is 3.87. The molecule has 1 aromatic heterocycles. The van der Waals surface area contributed by atoms with Crippen LogP contribution in [0.2, 0.25) is 0 Å². The molecule has 2 heterocycles. The summed E-state index contributed by atoms with van der Waals surface area (Å²) in [7, 11) is 0. The molecule has 0 saturated carbocycles. The van der Waals surface area contributed by atoms with Gasteiger partial charge in [0.2, 0.25) is 0 Å². The van der Waals surface area contributed by atoms with Crippen molar-refractivity contribution >= 4 is 28.4 Å². The monoisotopic (exact) mass is 415 g/mol. The molecule has 0 aliphatic carbocycles. The number of aromatic nitrogens is 3. The lowest BCUT2D eigenvalue weighted by atomic mass is 10.1. The number of hydrogen-bond donors (Lipinski definition) is 3. The summed E-state index contributed by atoms with van der Waals surface area (Å²) in [6, 6.07) is 23.0. The van der Waals surface area contributed by atoms with Crippen molar-refractivity contribution in [2.45, 2.75) is 0 Å². The van der Waals surface area contributed by atoms with Crippen LogP contribution in [0.1, 0.15) is 0 Å². The van der Waals surface area contributed by atoms with Gasteiger partial charge in [-0.2, -0.15) is 0 Å². The molecule has 0 radical (unpaired) electrons. The lowest BCUT2D eigenvalue weighted by molar-refractivity contribution is -0.535. The molecule has 3 aromatic carbocycles. The first kappa shape index (κ1) is 19.1. The minimum atomic E-state index is 0.0465. The van der Waals surface area contributed by atoms with Gasteiger partial charge in [-0.1, -0.05) is 36.4 Å². The van der Waals surface area contributed by atoms with Gasteiger partial charge in [0.25, 0.3) is 0 Å². The van der Waals surface area contributed by atoms with Crippen LogP contribution in [0.5, 0.6) is 0 Å². The molecule has 8 nitrogen and oxygen atoms in total. The zero-order valence-corrected chi connectivity index (χ0v) is 16.9. The predicted octanol–water partition coefficient (Wildman–Crippen LogP) is 3.01. The number of rotatable bonds is 4. The molecule has 156 valence electrons. The van der Waals surface area contributed by atoms with Crippen LogP contribution in [0.25, 0.3) is 22.2 Å². The molecule has 1 aliphatic rings. The molecule has 0 atom stereocenters. The van der Waals surface area contributed by atoms with Gasteiger partial charge in [0.05, 0.1) is 10.0 Å². The highest BCUT2D eigenvalue weighted by Gasteiger charge is 2.19. The Hall–Kier alpha value is -3.91. The van der Waals surface area contributed by atoms with E-state index in [0.717, 1.165) is 53.4 Å². The van der Waals surface area contributed by atoms with E-state index in [4.69, 9.17) is 0 Å². The molecule has 1 saturated heterocycles. The van der Waals surface area contributed by atoms with Crippen LogP contribution in [-0.4, -0.2) is 41.2 Å². The Labute approximate surface area is 178 Å². The molecule has 0 spiro atoms. The first-order valence-corrected chi connectivity index (χ1v) is 10.3. The Morgan fingerprint density at radius 1 is 0.935 bits per heavy atom. The minimum Gasteiger partial charge on any atom is -0.425 e. The molecule has 31 heavy (non-hydrogen) atoms. The molecule has 3 N–H and O–H groups in total. The number of piperazine rings is 1. The van der Waals surface area contributed by atoms with Crippen molar-refractivity contribution in [1.82, 2.24) is 15.1 Å². The molecule has 0 bridgehead atoms. The van der Waals surface area contributed by atoms with Crippen molar-refractivity contribution in [2.24, 2.45) is 0 Å². The minimum absolute atomic E-state index is 0.0465. The van der Waals surface area contributed by atoms with Crippen LogP contribution in [0.3, 0.4) is 0 Å². The maximum absolute atomic E-state index is 12.5. The third kappa shape index (κ3) is 3.80. The summed E-state index contributed by atoms with van der Waals surface area (Å²) in [6.45, 7) is 3.75. The van der Waals surface area contributed by atoms with Crippen molar-refractivity contribution in [3.05, 3.63) is 77.7 Å². The van der Waals surface area contributed by atoms with E-state index in [1.165, 1.54) is 0 Å². The Balaban J connectivity index is 1.51. The van der Waals surface area contributed by atoms with E-state index in [1.807, 2.05) is 54.6 Å².